The molecule has 0 aliphatic heterocycles. The van der Waals surface area contributed by atoms with E-state index in [2.05, 4.69) is 15.6 Å². The Hall–Kier alpha value is -3.57. The third-order valence-electron chi connectivity index (χ3n) is 5.63. The summed E-state index contributed by atoms with van der Waals surface area (Å²) in [7, 11) is 0. The van der Waals surface area contributed by atoms with E-state index in [1.165, 1.54) is 19.1 Å². The van der Waals surface area contributed by atoms with Gasteiger partial charge in [-0.25, -0.2) is 4.79 Å². The van der Waals surface area contributed by atoms with Gasteiger partial charge in [-0.2, -0.15) is 13.2 Å². The van der Waals surface area contributed by atoms with Crippen LogP contribution >= 0.6 is 11.6 Å². The third kappa shape index (κ3) is 7.46. The van der Waals surface area contributed by atoms with Crippen molar-refractivity contribution in [2.75, 3.05) is 6.54 Å². The summed E-state index contributed by atoms with van der Waals surface area (Å²) in [6, 6.07) is 9.71. The molecule has 0 unspecified atom stereocenters. The number of aromatic nitrogens is 1. The van der Waals surface area contributed by atoms with Gasteiger partial charge in [-0.3, -0.25) is 9.59 Å². The first kappa shape index (κ1) is 28.0. The van der Waals surface area contributed by atoms with Gasteiger partial charge in [-0.1, -0.05) is 29.8 Å². The largest absolute Gasteiger partial charge is 0.490 e. The van der Waals surface area contributed by atoms with Crippen LogP contribution in [0.25, 0.3) is 10.9 Å². The highest BCUT2D eigenvalue weighted by molar-refractivity contribution is 6.30. The van der Waals surface area contributed by atoms with Gasteiger partial charge in [0.05, 0.1) is 0 Å². The number of carbonyl (C=O) groups excluding carboxylic acids is 2. The van der Waals surface area contributed by atoms with Crippen LogP contribution in [0, 0.1) is 0 Å². The first-order chi connectivity index (χ1) is 17.3. The van der Waals surface area contributed by atoms with E-state index in [0.29, 0.717) is 22.5 Å². The SMILES string of the molecule is C[C@H](Cc1c[nH]c2cc(C(=O)N[C@@H](C)C(=O)O)ccc12)NC[C@H](OC(=O)C(F)(F)F)c1cccc(Cl)c1. The lowest BCUT2D eigenvalue weighted by Gasteiger charge is -2.22. The van der Waals surface area contributed by atoms with Crippen LogP contribution in [-0.2, 0) is 20.7 Å². The minimum atomic E-state index is -5.13. The van der Waals surface area contributed by atoms with Gasteiger partial charge in [-0.05, 0) is 55.7 Å². The second kappa shape index (κ2) is 11.7. The molecule has 8 nitrogen and oxygen atoms in total. The number of alkyl halides is 3. The van der Waals surface area contributed by atoms with Gasteiger partial charge in [0.1, 0.15) is 12.1 Å². The molecule has 4 N–H and O–H groups in total. The van der Waals surface area contributed by atoms with Crippen LogP contribution < -0.4 is 10.6 Å². The molecular formula is C25H25ClF3N3O5. The van der Waals surface area contributed by atoms with Crippen molar-refractivity contribution >= 4 is 40.3 Å². The highest BCUT2D eigenvalue weighted by Crippen LogP contribution is 2.26. The summed E-state index contributed by atoms with van der Waals surface area (Å²) in [5, 5.41) is 15.6. The van der Waals surface area contributed by atoms with E-state index >= 15 is 0 Å². The number of carboxylic acid groups (broad SMARTS) is 1. The minimum absolute atomic E-state index is 0.0856. The molecule has 198 valence electrons. The topological polar surface area (TPSA) is 121 Å². The van der Waals surface area contributed by atoms with Crippen molar-refractivity contribution in [3.05, 3.63) is 70.4 Å². The maximum Gasteiger partial charge on any atom is 0.490 e. The molecule has 3 rings (SSSR count). The van der Waals surface area contributed by atoms with Crippen molar-refractivity contribution in [2.45, 2.75) is 44.6 Å². The standard InChI is InChI=1S/C25H25ClF3N3O5/c1-13(30-12-21(37-24(36)25(27,28)29)15-4-3-5-18(26)9-15)8-17-11-31-20-10-16(6-7-19(17)20)22(33)32-14(2)23(34)35/h3-7,9-11,13-14,21,30-31H,8,12H2,1-2H3,(H,32,33)(H,34,35)/t13-,14+,21+/m1/s1. The summed E-state index contributed by atoms with van der Waals surface area (Å²) in [6.45, 7) is 3.10. The minimum Gasteiger partial charge on any atom is -0.480 e. The number of aliphatic carboxylic acids is 1. The van der Waals surface area contributed by atoms with E-state index < -0.39 is 36.2 Å². The molecule has 0 saturated carbocycles. The Bertz CT molecular complexity index is 1290. The number of rotatable bonds is 10. The van der Waals surface area contributed by atoms with Gasteiger partial charge in [0.2, 0.25) is 0 Å². The molecule has 3 atom stereocenters. The van der Waals surface area contributed by atoms with Crippen molar-refractivity contribution < 1.29 is 37.4 Å². The Labute approximate surface area is 215 Å². The Morgan fingerprint density at radius 3 is 2.51 bits per heavy atom. The van der Waals surface area contributed by atoms with Crippen molar-refractivity contribution in [2.24, 2.45) is 0 Å². The number of esters is 1. The van der Waals surface area contributed by atoms with Gasteiger partial charge in [0.15, 0.2) is 0 Å². The first-order valence-corrected chi connectivity index (χ1v) is 11.6. The fraction of sp³-hybridized carbons (Fsp3) is 0.320. The van der Waals surface area contributed by atoms with E-state index in [9.17, 15) is 27.6 Å². The maximum atomic E-state index is 12.8. The lowest BCUT2D eigenvalue weighted by molar-refractivity contribution is -0.205. The van der Waals surface area contributed by atoms with Crippen LogP contribution in [0.3, 0.4) is 0 Å². The van der Waals surface area contributed by atoms with Gasteiger partial charge < -0.3 is 25.5 Å². The number of carbonyl (C=O) groups is 3. The number of hydrogen-bond acceptors (Lipinski definition) is 5. The predicted molar refractivity (Wildman–Crippen MR) is 130 cm³/mol. The summed E-state index contributed by atoms with van der Waals surface area (Å²) in [6.07, 6.45) is -4.12. The van der Waals surface area contributed by atoms with Crippen LogP contribution in [0.1, 0.15) is 41.4 Å². The molecule has 3 aromatic rings. The molecule has 1 aromatic heterocycles. The number of carboxylic acids is 1. The van der Waals surface area contributed by atoms with Crippen LogP contribution in [0.2, 0.25) is 5.02 Å². The molecule has 0 saturated heterocycles. The number of benzene rings is 2. The molecule has 2 aromatic carbocycles. The predicted octanol–water partition coefficient (Wildman–Crippen LogP) is 4.39. The van der Waals surface area contributed by atoms with Gasteiger partial charge in [0, 0.05) is 40.3 Å². The fourth-order valence-corrected chi connectivity index (χ4v) is 3.88. The van der Waals surface area contributed by atoms with Crippen LogP contribution in [0.4, 0.5) is 13.2 Å². The molecule has 0 aliphatic rings. The number of nitrogens with one attached hydrogen (secondary N) is 3. The number of fused-ring (bicyclic) bond motifs is 1. The Morgan fingerprint density at radius 2 is 1.86 bits per heavy atom. The zero-order valence-corrected chi connectivity index (χ0v) is 20.6. The van der Waals surface area contributed by atoms with E-state index in [1.54, 1.807) is 36.5 Å². The average molecular weight is 540 g/mol. The van der Waals surface area contributed by atoms with Gasteiger partial charge >= 0.3 is 18.1 Å². The molecule has 1 amide bonds. The van der Waals surface area contributed by atoms with Crippen LogP contribution in [0.15, 0.2) is 48.7 Å². The van der Waals surface area contributed by atoms with Crippen LogP contribution in [-0.4, -0.2) is 52.7 Å². The maximum absolute atomic E-state index is 12.8. The normalized spacial score (nSPS) is 14.1. The Morgan fingerprint density at radius 1 is 1.14 bits per heavy atom. The number of halogens is 4. The Kier molecular flexibility index (Phi) is 8.82. The van der Waals surface area contributed by atoms with E-state index in [0.717, 1.165) is 10.9 Å². The summed E-state index contributed by atoms with van der Waals surface area (Å²) >= 11 is 5.96. The number of amides is 1. The molecule has 0 spiro atoms. The zero-order valence-electron chi connectivity index (χ0n) is 19.9. The summed E-state index contributed by atoms with van der Waals surface area (Å²) < 4.78 is 43.1. The monoisotopic (exact) mass is 539 g/mol. The van der Waals surface area contributed by atoms with Crippen molar-refractivity contribution in [1.82, 2.24) is 15.6 Å². The zero-order chi connectivity index (χ0) is 27.3. The van der Waals surface area contributed by atoms with Crippen molar-refractivity contribution in [3.8, 4) is 0 Å². The van der Waals surface area contributed by atoms with Gasteiger partial charge in [0.25, 0.3) is 5.91 Å². The molecule has 0 radical (unpaired) electrons. The first-order valence-electron chi connectivity index (χ1n) is 11.3. The number of H-pyrrole nitrogens is 1. The lowest BCUT2D eigenvalue weighted by atomic mass is 10.0. The second-order valence-corrected chi connectivity index (χ2v) is 9.00. The molecule has 1 heterocycles. The molecule has 12 heteroatoms. The second-order valence-electron chi connectivity index (χ2n) is 8.57. The summed E-state index contributed by atoms with van der Waals surface area (Å²) in [5.41, 5.74) is 2.15. The number of hydrogen-bond donors (Lipinski definition) is 4. The number of ether oxygens (including phenoxy) is 1. The highest BCUT2D eigenvalue weighted by atomic mass is 35.5. The van der Waals surface area contributed by atoms with Crippen molar-refractivity contribution in [3.63, 3.8) is 0 Å². The molecule has 0 fully saturated rings. The number of aromatic amines is 1. The summed E-state index contributed by atoms with van der Waals surface area (Å²) in [4.78, 5) is 37.8. The third-order valence-corrected chi connectivity index (χ3v) is 5.86. The summed E-state index contributed by atoms with van der Waals surface area (Å²) in [5.74, 6) is -3.96. The van der Waals surface area contributed by atoms with E-state index in [-0.39, 0.29) is 18.2 Å². The van der Waals surface area contributed by atoms with E-state index in [4.69, 9.17) is 21.4 Å². The fourth-order valence-electron chi connectivity index (χ4n) is 3.68. The smallest absolute Gasteiger partial charge is 0.480 e. The molecular weight excluding hydrogens is 515 g/mol. The molecule has 37 heavy (non-hydrogen) atoms. The van der Waals surface area contributed by atoms with E-state index in [1.807, 2.05) is 6.92 Å². The quantitative estimate of drug-likeness (QED) is 0.284. The lowest BCUT2D eigenvalue weighted by Crippen LogP contribution is -2.38. The van der Waals surface area contributed by atoms with Crippen molar-refractivity contribution in [1.29, 1.82) is 0 Å². The Balaban J connectivity index is 1.68. The molecule has 0 aliphatic carbocycles. The highest BCUT2D eigenvalue weighted by Gasteiger charge is 2.42. The molecule has 0 bridgehead atoms. The van der Waals surface area contributed by atoms with Crippen LogP contribution in [0.5, 0.6) is 0 Å². The average Bonchev–Trinajstić information content (AvgIpc) is 3.22. The van der Waals surface area contributed by atoms with Gasteiger partial charge in [-0.15, -0.1) is 0 Å².